The summed E-state index contributed by atoms with van der Waals surface area (Å²) < 4.78 is 5.31. The molecule has 412 valence electrons. The molecule has 0 atom stereocenters. The van der Waals surface area contributed by atoms with Crippen molar-refractivity contribution in [2.75, 3.05) is 28.7 Å². The highest BCUT2D eigenvalue weighted by molar-refractivity contribution is 5.53. The third kappa shape index (κ3) is 18.6. The molecule has 0 aliphatic rings. The lowest BCUT2D eigenvalue weighted by Gasteiger charge is -2.30. The van der Waals surface area contributed by atoms with Crippen LogP contribution < -0.4 is 28.7 Å². The number of nitrogens with two attached hydrogens (primary N) is 5. The first-order valence-corrected chi connectivity index (χ1v) is 25.8. The summed E-state index contributed by atoms with van der Waals surface area (Å²) in [6.07, 6.45) is 5.17. The molecule has 5 heterocycles. The van der Waals surface area contributed by atoms with Crippen molar-refractivity contribution in [2.45, 2.75) is 262 Å². The van der Waals surface area contributed by atoms with Crippen molar-refractivity contribution in [1.29, 1.82) is 0 Å². The van der Waals surface area contributed by atoms with Gasteiger partial charge in [-0.3, -0.25) is 5.10 Å². The van der Waals surface area contributed by atoms with Gasteiger partial charge in [-0.1, -0.05) is 213 Å². The van der Waals surface area contributed by atoms with Crippen LogP contribution in [0.15, 0.2) is 29.3 Å². The molecular weight excluding hydrogens is 907 g/mol. The van der Waals surface area contributed by atoms with E-state index < -0.39 is 0 Å². The first-order chi connectivity index (χ1) is 32.2. The summed E-state index contributed by atoms with van der Waals surface area (Å²) >= 11 is 0. The lowest BCUT2D eigenvalue weighted by atomic mass is 9.76. The maximum absolute atomic E-state index is 5.99. The summed E-state index contributed by atoms with van der Waals surface area (Å²) in [4.78, 5) is 12.7. The number of nitrogen functional groups attached to an aromatic ring is 5. The molecule has 5 rings (SSSR count). The van der Waals surface area contributed by atoms with Crippen LogP contribution in [0.5, 0.6) is 0 Å². The summed E-state index contributed by atoms with van der Waals surface area (Å²) in [7, 11) is 0. The smallest absolute Gasteiger partial charge is 0.170 e. The highest BCUT2D eigenvalue weighted by Gasteiger charge is 2.34. The van der Waals surface area contributed by atoms with Crippen molar-refractivity contribution in [1.82, 2.24) is 40.5 Å². The van der Waals surface area contributed by atoms with Gasteiger partial charge in [0.25, 0.3) is 0 Å². The molecule has 0 aliphatic carbocycles. The number of aromatic amines is 1. The first kappa shape index (κ1) is 65.7. The molecule has 11 N–H and O–H groups in total. The number of pyridine rings is 1. The predicted molar refractivity (Wildman–Crippen MR) is 312 cm³/mol. The van der Waals surface area contributed by atoms with E-state index in [-0.39, 0.29) is 54.1 Å². The standard InChI is InChI=1S/C13H22N2.2C12H21N3.C11H21N3.C11H20N2O/c1-12(2,3)9-7-8-15-11(14)10(9)13(4,5)6;1-11(2,3)8-9(12(4,5)6)14-7-15-10(8)13;1-11(2,3)8-7-14-15-10(13)9(8)12(4,5)6;1-10(2,3)7-8(11(4,5)6)13-14-9(7)12;1-10(2,3)7-8(11(4,5)6)14-13-9(7)12/h7-8H,1-6H3,(H2,14,15);7H,1-6H3,(H2,13,14,15);7H,1-6H3,(H2,13,15);1-6H3,(H3,12,13,14);1-6H3,(H2,12,13). The Hall–Kier alpha value is -5.27. The topological polar surface area (TPSA) is 249 Å². The van der Waals surface area contributed by atoms with Gasteiger partial charge in [0.15, 0.2) is 5.82 Å². The zero-order valence-electron chi connectivity index (χ0n) is 51.7. The third-order valence-corrected chi connectivity index (χ3v) is 11.8. The van der Waals surface area contributed by atoms with E-state index in [1.807, 2.05) is 6.20 Å². The maximum Gasteiger partial charge on any atom is 0.170 e. The van der Waals surface area contributed by atoms with Crippen LogP contribution in [0.25, 0.3) is 0 Å². The van der Waals surface area contributed by atoms with Gasteiger partial charge in [-0.15, -0.1) is 5.10 Å². The van der Waals surface area contributed by atoms with E-state index in [1.165, 1.54) is 16.7 Å². The van der Waals surface area contributed by atoms with Gasteiger partial charge in [0.1, 0.15) is 35.4 Å². The minimum Gasteiger partial charge on any atom is -0.383 e. The molecule has 0 unspecified atom stereocenters. The Bertz CT molecular complexity index is 2300. The second-order valence-electron chi connectivity index (χ2n) is 29.8. The Morgan fingerprint density at radius 3 is 1.12 bits per heavy atom. The first-order valence-electron chi connectivity index (χ1n) is 25.8. The Morgan fingerprint density at radius 2 is 0.808 bits per heavy atom. The molecule has 73 heavy (non-hydrogen) atoms. The van der Waals surface area contributed by atoms with Crippen LogP contribution in [-0.2, 0) is 54.1 Å². The van der Waals surface area contributed by atoms with Gasteiger partial charge in [0.05, 0.1) is 11.9 Å². The average Bonchev–Trinajstić information content (AvgIpc) is 3.77. The van der Waals surface area contributed by atoms with E-state index in [2.05, 4.69) is 254 Å². The zero-order chi connectivity index (χ0) is 57.9. The van der Waals surface area contributed by atoms with Gasteiger partial charge in [-0.25, -0.2) is 15.0 Å². The molecule has 0 saturated carbocycles. The Balaban J connectivity index is 0.000000456. The minimum atomic E-state index is -0.0484. The second-order valence-corrected chi connectivity index (χ2v) is 29.8. The molecule has 0 spiro atoms. The Morgan fingerprint density at radius 1 is 0.384 bits per heavy atom. The average molecular weight is 1010 g/mol. The Kier molecular flexibility index (Phi) is 20.4. The molecule has 0 aliphatic heterocycles. The van der Waals surface area contributed by atoms with E-state index >= 15 is 0 Å². The Labute approximate surface area is 443 Å². The van der Waals surface area contributed by atoms with Crippen molar-refractivity contribution < 1.29 is 4.52 Å². The number of nitrogens with zero attached hydrogens (tertiary/aromatic N) is 7. The van der Waals surface area contributed by atoms with E-state index in [4.69, 9.17) is 33.2 Å². The van der Waals surface area contributed by atoms with Crippen molar-refractivity contribution in [3.63, 3.8) is 0 Å². The number of anilines is 5. The number of hydrogen-bond acceptors (Lipinski definition) is 13. The fourth-order valence-electron chi connectivity index (χ4n) is 8.55. The number of nitrogens with one attached hydrogen (secondary N) is 1. The number of hydrogen-bond donors (Lipinski definition) is 6. The molecule has 14 nitrogen and oxygen atoms in total. The highest BCUT2D eigenvalue weighted by Crippen LogP contribution is 2.40. The van der Waals surface area contributed by atoms with Crippen LogP contribution >= 0.6 is 0 Å². The van der Waals surface area contributed by atoms with Crippen LogP contribution in [-0.4, -0.2) is 40.5 Å². The monoisotopic (exact) mass is 1010 g/mol. The van der Waals surface area contributed by atoms with Crippen LogP contribution in [0.2, 0.25) is 0 Å². The van der Waals surface area contributed by atoms with E-state index in [9.17, 15) is 0 Å². The van der Waals surface area contributed by atoms with Gasteiger partial charge in [-0.05, 0) is 55.1 Å². The van der Waals surface area contributed by atoms with E-state index in [0.29, 0.717) is 29.1 Å². The zero-order valence-corrected chi connectivity index (χ0v) is 51.7. The number of H-pyrrole nitrogens is 1. The summed E-state index contributed by atoms with van der Waals surface area (Å²) in [5.41, 5.74) is 40.0. The van der Waals surface area contributed by atoms with Crippen molar-refractivity contribution in [3.8, 4) is 0 Å². The number of rotatable bonds is 0. The van der Waals surface area contributed by atoms with Crippen LogP contribution in [0, 0.1) is 0 Å². The summed E-state index contributed by atoms with van der Waals surface area (Å²) in [6, 6.07) is 2.08. The van der Waals surface area contributed by atoms with Gasteiger partial charge >= 0.3 is 0 Å². The molecule has 0 saturated heterocycles. The summed E-state index contributed by atoms with van der Waals surface area (Å²) in [5, 5.41) is 18.9. The largest absolute Gasteiger partial charge is 0.383 e. The minimum absolute atomic E-state index is 0.000324. The van der Waals surface area contributed by atoms with Crippen molar-refractivity contribution in [3.05, 3.63) is 80.9 Å². The third-order valence-electron chi connectivity index (χ3n) is 11.8. The van der Waals surface area contributed by atoms with Crippen LogP contribution in [0.4, 0.5) is 29.1 Å². The SMILES string of the molecule is CC(C)(C)c1[nH]nc(N)c1C(C)(C)C.CC(C)(C)c1ccnc(N)c1C(C)(C)C.CC(C)(C)c1cnnc(N)c1C(C)(C)C.CC(C)(C)c1ncnc(N)c1C(C)(C)C.CC(C)(C)c1onc(N)c1C(C)(C)C. The number of aromatic nitrogens is 8. The molecule has 5 aromatic rings. The lowest BCUT2D eigenvalue weighted by Crippen LogP contribution is -2.25. The molecule has 5 aromatic heterocycles. The van der Waals surface area contributed by atoms with Gasteiger partial charge in [-0.2, -0.15) is 10.2 Å². The molecule has 14 heteroatoms. The van der Waals surface area contributed by atoms with Gasteiger partial charge in [0.2, 0.25) is 0 Å². The normalized spacial score (nSPS) is 13.1. The molecule has 0 aromatic carbocycles. The summed E-state index contributed by atoms with van der Waals surface area (Å²) in [5.74, 6) is 3.85. The maximum atomic E-state index is 5.99. The highest BCUT2D eigenvalue weighted by atomic mass is 16.5. The van der Waals surface area contributed by atoms with Gasteiger partial charge < -0.3 is 33.2 Å². The molecule has 0 radical (unpaired) electrons. The van der Waals surface area contributed by atoms with Crippen LogP contribution in [0.1, 0.15) is 264 Å². The predicted octanol–water partition coefficient (Wildman–Crippen LogP) is 14.0. The van der Waals surface area contributed by atoms with Crippen molar-refractivity contribution in [2.24, 2.45) is 0 Å². The van der Waals surface area contributed by atoms with E-state index in [0.717, 1.165) is 39.4 Å². The molecular formula is C59H105N13O. The molecule has 0 bridgehead atoms. The quantitative estimate of drug-likeness (QED) is 0.0846. The second kappa shape index (κ2) is 22.7. The van der Waals surface area contributed by atoms with E-state index in [1.54, 1.807) is 12.5 Å². The summed E-state index contributed by atoms with van der Waals surface area (Å²) in [6.45, 7) is 64.5. The molecule has 0 amide bonds. The fraction of sp³-hybridized carbons (Fsp3) is 0.678. The lowest BCUT2D eigenvalue weighted by molar-refractivity contribution is 0.323. The van der Waals surface area contributed by atoms with Crippen molar-refractivity contribution >= 4 is 29.1 Å². The van der Waals surface area contributed by atoms with Gasteiger partial charge in [0, 0.05) is 56.0 Å². The fourth-order valence-corrected chi connectivity index (χ4v) is 8.55. The molecule has 0 fully saturated rings. The van der Waals surface area contributed by atoms with Crippen LogP contribution in [0.3, 0.4) is 0 Å².